The van der Waals surface area contributed by atoms with E-state index in [0.717, 1.165) is 11.2 Å². The summed E-state index contributed by atoms with van der Waals surface area (Å²) in [6.45, 7) is 2.30. The van der Waals surface area contributed by atoms with Crippen LogP contribution in [0.4, 0.5) is 0 Å². The molecule has 16 heavy (non-hydrogen) atoms. The molecule has 1 aliphatic carbocycles. The van der Waals surface area contributed by atoms with Gasteiger partial charge in [0, 0.05) is 0 Å². The lowest BCUT2D eigenvalue weighted by atomic mass is 10.2. The van der Waals surface area contributed by atoms with Crippen LogP contribution in [0.25, 0.3) is 0 Å². The van der Waals surface area contributed by atoms with Crippen molar-refractivity contribution in [3.8, 4) is 0 Å². The first-order valence-corrected chi connectivity index (χ1v) is 8.94. The highest BCUT2D eigenvalue weighted by Gasteiger charge is 2.44. The smallest absolute Gasteiger partial charge is 0.00467 e. The quantitative estimate of drug-likeness (QED) is 0.696. The van der Waals surface area contributed by atoms with E-state index in [2.05, 4.69) is 49.8 Å². The zero-order chi connectivity index (χ0) is 11.6. The lowest BCUT2D eigenvalue weighted by Gasteiger charge is -2.32. The van der Waals surface area contributed by atoms with Gasteiger partial charge in [-0.15, -0.1) is 0 Å². The lowest BCUT2D eigenvalue weighted by molar-refractivity contribution is 0.656. The van der Waals surface area contributed by atoms with Gasteiger partial charge in [-0.1, -0.05) is 50.1 Å². The van der Waals surface area contributed by atoms with Gasteiger partial charge in [0.1, 0.15) is 0 Å². The average molecular weight is 236 g/mol. The van der Waals surface area contributed by atoms with Crippen molar-refractivity contribution >= 4 is 10.0 Å². The standard InChI is InChI=1S/C15H24S/c1-4-5-9-13-12-15(13)16(2,3)14-10-7-6-8-11-14/h6-8,10-11,13,15H,4-5,9,12H2,1-3H3/t13-,15-/m0/s1. The van der Waals surface area contributed by atoms with Gasteiger partial charge in [0.25, 0.3) is 0 Å². The van der Waals surface area contributed by atoms with Crippen molar-refractivity contribution in [3.63, 3.8) is 0 Å². The molecule has 0 N–H and O–H groups in total. The van der Waals surface area contributed by atoms with Crippen LogP contribution in [0.1, 0.15) is 32.6 Å². The molecule has 0 spiro atoms. The minimum Gasteiger partial charge on any atom is -0.217 e. The molecule has 1 aromatic rings. The SMILES string of the molecule is CCCC[C@H]1C[C@@H]1S(C)(C)c1ccccc1. The Bertz CT molecular complexity index is 329. The Morgan fingerprint density at radius 2 is 1.88 bits per heavy atom. The molecule has 0 saturated heterocycles. The molecule has 1 heteroatoms. The van der Waals surface area contributed by atoms with E-state index in [0.29, 0.717) is 0 Å². The van der Waals surface area contributed by atoms with E-state index in [1.165, 1.54) is 25.7 Å². The summed E-state index contributed by atoms with van der Waals surface area (Å²) >= 11 is 0. The minimum atomic E-state index is -0.545. The largest absolute Gasteiger partial charge is 0.217 e. The Morgan fingerprint density at radius 1 is 1.19 bits per heavy atom. The molecule has 0 nitrogen and oxygen atoms in total. The molecule has 90 valence electrons. The molecule has 1 aliphatic rings. The third-order valence-corrected chi connectivity index (χ3v) is 7.47. The van der Waals surface area contributed by atoms with Gasteiger partial charge >= 0.3 is 0 Å². The molecule has 0 heterocycles. The van der Waals surface area contributed by atoms with Crippen LogP contribution in [0.5, 0.6) is 0 Å². The second kappa shape index (κ2) is 4.83. The van der Waals surface area contributed by atoms with Crippen LogP contribution in [0.2, 0.25) is 0 Å². The van der Waals surface area contributed by atoms with Crippen molar-refractivity contribution in [3.05, 3.63) is 30.3 Å². The summed E-state index contributed by atoms with van der Waals surface area (Å²) in [4.78, 5) is 1.60. The molecule has 2 rings (SSSR count). The van der Waals surface area contributed by atoms with E-state index in [1.807, 2.05) is 0 Å². The number of benzene rings is 1. The van der Waals surface area contributed by atoms with Gasteiger partial charge in [-0.3, -0.25) is 0 Å². The highest BCUT2D eigenvalue weighted by Crippen LogP contribution is 2.65. The zero-order valence-electron chi connectivity index (χ0n) is 10.8. The number of hydrogen-bond donors (Lipinski definition) is 0. The summed E-state index contributed by atoms with van der Waals surface area (Å²) in [5, 5.41) is 1.00. The maximum absolute atomic E-state index is 2.50. The first-order chi connectivity index (χ1) is 7.66. The topological polar surface area (TPSA) is 0 Å². The summed E-state index contributed by atoms with van der Waals surface area (Å²) in [5.41, 5.74) is 0. The lowest BCUT2D eigenvalue weighted by Crippen LogP contribution is -2.04. The van der Waals surface area contributed by atoms with Crippen molar-refractivity contribution in [1.29, 1.82) is 0 Å². The van der Waals surface area contributed by atoms with Crippen LogP contribution in [-0.4, -0.2) is 17.8 Å². The summed E-state index contributed by atoms with van der Waals surface area (Å²) in [6.07, 6.45) is 10.7. The molecule has 0 aromatic heterocycles. The summed E-state index contributed by atoms with van der Waals surface area (Å²) < 4.78 is 0. The first-order valence-electron chi connectivity index (χ1n) is 6.43. The van der Waals surface area contributed by atoms with Crippen LogP contribution < -0.4 is 0 Å². The van der Waals surface area contributed by atoms with Gasteiger partial charge in [0.05, 0.1) is 0 Å². The van der Waals surface area contributed by atoms with Gasteiger partial charge in [-0.2, -0.15) is 0 Å². The number of hydrogen-bond acceptors (Lipinski definition) is 0. The molecular weight excluding hydrogens is 212 g/mol. The van der Waals surface area contributed by atoms with Crippen molar-refractivity contribution in [2.24, 2.45) is 5.92 Å². The highest BCUT2D eigenvalue weighted by molar-refractivity contribution is 8.33. The molecule has 0 amide bonds. The predicted octanol–water partition coefficient (Wildman–Crippen LogP) is 4.69. The average Bonchev–Trinajstić information content (AvgIpc) is 3.07. The van der Waals surface area contributed by atoms with E-state index in [1.54, 1.807) is 4.90 Å². The van der Waals surface area contributed by atoms with Crippen LogP contribution in [0.3, 0.4) is 0 Å². The van der Waals surface area contributed by atoms with Crippen molar-refractivity contribution in [1.82, 2.24) is 0 Å². The third kappa shape index (κ3) is 2.45. The fourth-order valence-electron chi connectivity index (χ4n) is 2.66. The summed E-state index contributed by atoms with van der Waals surface area (Å²) in [5.74, 6) is 1.03. The fraction of sp³-hybridized carbons (Fsp3) is 0.600. The van der Waals surface area contributed by atoms with E-state index in [9.17, 15) is 0 Å². The van der Waals surface area contributed by atoms with E-state index >= 15 is 0 Å². The van der Waals surface area contributed by atoms with Gasteiger partial charge in [-0.05, 0) is 41.4 Å². The van der Waals surface area contributed by atoms with E-state index in [-0.39, 0.29) is 0 Å². The zero-order valence-corrected chi connectivity index (χ0v) is 11.6. The molecule has 2 atom stereocenters. The van der Waals surface area contributed by atoms with Gasteiger partial charge in [-0.25, -0.2) is 10.0 Å². The van der Waals surface area contributed by atoms with Crippen molar-refractivity contribution in [2.45, 2.75) is 42.8 Å². The van der Waals surface area contributed by atoms with Crippen molar-refractivity contribution in [2.75, 3.05) is 12.5 Å². The highest BCUT2D eigenvalue weighted by atomic mass is 32.3. The summed E-state index contributed by atoms with van der Waals surface area (Å²) in [7, 11) is -0.545. The van der Waals surface area contributed by atoms with Gasteiger partial charge in [0.15, 0.2) is 0 Å². The Balaban J connectivity index is 1.99. The predicted molar refractivity (Wildman–Crippen MR) is 75.6 cm³/mol. The first kappa shape index (κ1) is 12.0. The van der Waals surface area contributed by atoms with Crippen LogP contribution >= 0.6 is 10.0 Å². The molecule has 0 bridgehead atoms. The summed E-state index contributed by atoms with van der Waals surface area (Å²) in [6, 6.07) is 11.1. The molecule has 0 unspecified atom stereocenters. The molecule has 0 aliphatic heterocycles. The Hall–Kier alpha value is -0.430. The maximum Gasteiger partial charge on any atom is -0.00467 e. The minimum absolute atomic E-state index is 0.545. The Kier molecular flexibility index (Phi) is 3.63. The Labute approximate surface area is 102 Å². The Morgan fingerprint density at radius 3 is 2.50 bits per heavy atom. The molecule has 1 aromatic carbocycles. The monoisotopic (exact) mass is 236 g/mol. The van der Waals surface area contributed by atoms with Gasteiger partial charge < -0.3 is 0 Å². The normalized spacial score (nSPS) is 25.4. The fourth-order valence-corrected chi connectivity index (χ4v) is 5.69. The molecule has 1 saturated carbocycles. The van der Waals surface area contributed by atoms with Crippen LogP contribution in [-0.2, 0) is 0 Å². The number of rotatable bonds is 5. The van der Waals surface area contributed by atoms with E-state index < -0.39 is 10.0 Å². The molecule has 0 radical (unpaired) electrons. The maximum atomic E-state index is 2.50. The second-order valence-corrected chi connectivity index (χ2v) is 9.28. The van der Waals surface area contributed by atoms with Crippen LogP contribution in [0, 0.1) is 5.92 Å². The van der Waals surface area contributed by atoms with Gasteiger partial charge in [0.2, 0.25) is 0 Å². The third-order valence-electron chi connectivity index (χ3n) is 3.89. The molecular formula is C15H24S. The van der Waals surface area contributed by atoms with E-state index in [4.69, 9.17) is 0 Å². The second-order valence-electron chi connectivity index (χ2n) is 5.40. The molecule has 1 fully saturated rings. The van der Waals surface area contributed by atoms with Crippen LogP contribution in [0.15, 0.2) is 35.2 Å². The van der Waals surface area contributed by atoms with Crippen molar-refractivity contribution < 1.29 is 0 Å². The number of unbranched alkanes of at least 4 members (excludes halogenated alkanes) is 1.